The number of ketones is 1. The van der Waals surface area contributed by atoms with Gasteiger partial charge in [-0.25, -0.2) is 0 Å². The van der Waals surface area contributed by atoms with Crippen LogP contribution in [0.5, 0.6) is 11.5 Å². The van der Waals surface area contributed by atoms with Gasteiger partial charge in [-0.1, -0.05) is 30.3 Å². The molecule has 0 fully saturated rings. The Kier molecular flexibility index (Phi) is 5.71. The van der Waals surface area contributed by atoms with E-state index in [9.17, 15) is 4.79 Å². The predicted octanol–water partition coefficient (Wildman–Crippen LogP) is 4.21. The predicted molar refractivity (Wildman–Crippen MR) is 105 cm³/mol. The van der Waals surface area contributed by atoms with Gasteiger partial charge in [-0.05, 0) is 42.3 Å². The first kappa shape index (κ1) is 18.5. The average molecular weight is 362 g/mol. The largest absolute Gasteiger partial charge is 0.496 e. The smallest absolute Gasteiger partial charge is 0.189 e. The number of rotatable bonds is 7. The number of benzene rings is 2. The van der Waals surface area contributed by atoms with Crippen LogP contribution in [-0.2, 0) is 13.7 Å². The highest BCUT2D eigenvalue weighted by molar-refractivity contribution is 6.06. The minimum Gasteiger partial charge on any atom is -0.496 e. The van der Waals surface area contributed by atoms with Gasteiger partial charge in [0, 0.05) is 18.8 Å². The SMILES string of the molecule is COc1ccc(/C=C/C(=O)c2cnn(C)c2)cc1COc1ccccc1C. The summed E-state index contributed by atoms with van der Waals surface area (Å²) in [6.07, 6.45) is 6.58. The van der Waals surface area contributed by atoms with Crippen molar-refractivity contribution in [2.75, 3.05) is 7.11 Å². The molecule has 3 rings (SSSR count). The molecule has 0 aliphatic heterocycles. The lowest BCUT2D eigenvalue weighted by Crippen LogP contribution is -2.00. The standard InChI is InChI=1S/C22H22N2O3/c1-16-6-4-5-7-21(16)27-15-18-12-17(9-11-22(18)26-3)8-10-20(25)19-13-23-24(2)14-19/h4-14H,15H2,1-3H3/b10-8+. The molecule has 0 aliphatic rings. The van der Waals surface area contributed by atoms with Gasteiger partial charge in [0.2, 0.25) is 0 Å². The molecule has 5 heteroatoms. The molecular formula is C22H22N2O3. The van der Waals surface area contributed by atoms with Crippen LogP contribution < -0.4 is 9.47 Å². The van der Waals surface area contributed by atoms with Crippen molar-refractivity contribution in [1.82, 2.24) is 9.78 Å². The fourth-order valence-electron chi connectivity index (χ4n) is 2.71. The van der Waals surface area contributed by atoms with E-state index in [4.69, 9.17) is 9.47 Å². The summed E-state index contributed by atoms with van der Waals surface area (Å²) >= 11 is 0. The number of ether oxygens (including phenoxy) is 2. The van der Waals surface area contributed by atoms with Gasteiger partial charge < -0.3 is 9.47 Å². The van der Waals surface area contributed by atoms with Crippen molar-refractivity contribution in [3.8, 4) is 11.5 Å². The Morgan fingerprint density at radius 2 is 2.00 bits per heavy atom. The van der Waals surface area contributed by atoms with E-state index in [1.165, 1.54) is 0 Å². The number of carbonyl (C=O) groups is 1. The maximum absolute atomic E-state index is 12.2. The summed E-state index contributed by atoms with van der Waals surface area (Å²) in [4.78, 5) is 12.2. The van der Waals surface area contributed by atoms with Crippen LogP contribution in [0.25, 0.3) is 6.08 Å². The van der Waals surface area contributed by atoms with Crippen molar-refractivity contribution in [1.29, 1.82) is 0 Å². The lowest BCUT2D eigenvalue weighted by molar-refractivity contribution is 0.104. The molecule has 0 saturated carbocycles. The summed E-state index contributed by atoms with van der Waals surface area (Å²) < 4.78 is 13.0. The van der Waals surface area contributed by atoms with Gasteiger partial charge in [0.15, 0.2) is 5.78 Å². The zero-order valence-electron chi connectivity index (χ0n) is 15.7. The quantitative estimate of drug-likeness (QED) is 0.467. The van der Waals surface area contributed by atoms with E-state index in [0.29, 0.717) is 12.2 Å². The number of carbonyl (C=O) groups excluding carboxylic acids is 1. The molecule has 0 bridgehead atoms. The molecule has 0 aliphatic carbocycles. The van der Waals surface area contributed by atoms with Crippen molar-refractivity contribution in [2.24, 2.45) is 7.05 Å². The number of aromatic nitrogens is 2. The van der Waals surface area contributed by atoms with Crippen LogP contribution in [0.2, 0.25) is 0 Å². The van der Waals surface area contributed by atoms with Crippen molar-refractivity contribution in [3.63, 3.8) is 0 Å². The zero-order valence-corrected chi connectivity index (χ0v) is 15.7. The minimum atomic E-state index is -0.0865. The number of nitrogens with zero attached hydrogens (tertiary/aromatic N) is 2. The van der Waals surface area contributed by atoms with Crippen LogP contribution in [0.3, 0.4) is 0 Å². The summed E-state index contributed by atoms with van der Waals surface area (Å²) in [5.41, 5.74) is 3.45. The van der Waals surface area contributed by atoms with Crippen molar-refractivity contribution in [3.05, 3.63) is 83.2 Å². The van der Waals surface area contributed by atoms with Gasteiger partial charge >= 0.3 is 0 Å². The van der Waals surface area contributed by atoms with Crippen molar-refractivity contribution >= 4 is 11.9 Å². The molecule has 0 saturated heterocycles. The third-order valence-electron chi connectivity index (χ3n) is 4.20. The second-order valence-corrected chi connectivity index (χ2v) is 6.23. The molecule has 5 nitrogen and oxygen atoms in total. The number of allylic oxidation sites excluding steroid dienone is 1. The topological polar surface area (TPSA) is 53.3 Å². The Labute approximate surface area is 158 Å². The van der Waals surface area contributed by atoms with Crippen molar-refractivity contribution in [2.45, 2.75) is 13.5 Å². The molecule has 0 N–H and O–H groups in total. The molecule has 1 heterocycles. The highest BCUT2D eigenvalue weighted by atomic mass is 16.5. The van der Waals surface area contributed by atoms with E-state index >= 15 is 0 Å². The molecule has 3 aromatic rings. The number of para-hydroxylation sites is 1. The molecule has 1 aromatic heterocycles. The number of hydrogen-bond donors (Lipinski definition) is 0. The van der Waals surface area contributed by atoms with Gasteiger partial charge in [-0.3, -0.25) is 9.48 Å². The Hall–Kier alpha value is -3.34. The zero-order chi connectivity index (χ0) is 19.2. The van der Waals surface area contributed by atoms with Crippen LogP contribution in [0.15, 0.2) is 60.9 Å². The van der Waals surface area contributed by atoms with E-state index in [0.717, 1.165) is 28.2 Å². The van der Waals surface area contributed by atoms with Crippen molar-refractivity contribution < 1.29 is 14.3 Å². The molecule has 0 spiro atoms. The van der Waals surface area contributed by atoms with E-state index in [2.05, 4.69) is 5.10 Å². The second-order valence-electron chi connectivity index (χ2n) is 6.23. The molecule has 138 valence electrons. The van der Waals surface area contributed by atoms with Gasteiger partial charge in [0.25, 0.3) is 0 Å². The third kappa shape index (κ3) is 4.64. The lowest BCUT2D eigenvalue weighted by atomic mass is 10.1. The van der Waals surface area contributed by atoms with E-state index < -0.39 is 0 Å². The molecule has 0 amide bonds. The van der Waals surface area contributed by atoms with Crippen LogP contribution in [0.1, 0.15) is 27.0 Å². The summed E-state index contributed by atoms with van der Waals surface area (Å²) in [5, 5.41) is 4.02. The fourth-order valence-corrected chi connectivity index (χ4v) is 2.71. The Morgan fingerprint density at radius 3 is 2.70 bits per heavy atom. The van der Waals surface area contributed by atoms with Crippen LogP contribution in [-0.4, -0.2) is 22.7 Å². The van der Waals surface area contributed by atoms with Gasteiger partial charge in [-0.15, -0.1) is 0 Å². The first-order chi connectivity index (χ1) is 13.1. The van der Waals surface area contributed by atoms with Crippen LogP contribution in [0, 0.1) is 6.92 Å². The van der Waals surface area contributed by atoms with Crippen LogP contribution >= 0.6 is 0 Å². The first-order valence-electron chi connectivity index (χ1n) is 8.63. The Bertz CT molecular complexity index is 973. The molecule has 0 unspecified atom stereocenters. The van der Waals surface area contributed by atoms with Crippen LogP contribution in [0.4, 0.5) is 0 Å². The summed E-state index contributed by atoms with van der Waals surface area (Å²) in [7, 11) is 3.42. The molecule has 27 heavy (non-hydrogen) atoms. The summed E-state index contributed by atoms with van der Waals surface area (Å²) in [6.45, 7) is 2.39. The third-order valence-corrected chi connectivity index (χ3v) is 4.20. The molecule has 0 radical (unpaired) electrons. The van der Waals surface area contributed by atoms with Gasteiger partial charge in [-0.2, -0.15) is 5.10 Å². The Balaban J connectivity index is 1.75. The maximum Gasteiger partial charge on any atom is 0.189 e. The molecule has 0 atom stereocenters. The normalized spacial score (nSPS) is 10.9. The summed E-state index contributed by atoms with van der Waals surface area (Å²) in [5.74, 6) is 1.50. The Morgan fingerprint density at radius 1 is 1.19 bits per heavy atom. The van der Waals surface area contributed by atoms with E-state index in [-0.39, 0.29) is 5.78 Å². The number of hydrogen-bond acceptors (Lipinski definition) is 4. The molecular weight excluding hydrogens is 340 g/mol. The fraction of sp³-hybridized carbons (Fsp3) is 0.182. The lowest BCUT2D eigenvalue weighted by Gasteiger charge is -2.12. The number of aryl methyl sites for hydroxylation is 2. The number of methoxy groups -OCH3 is 1. The monoisotopic (exact) mass is 362 g/mol. The van der Waals surface area contributed by atoms with E-state index in [1.807, 2.05) is 49.4 Å². The second kappa shape index (κ2) is 8.36. The molecule has 2 aromatic carbocycles. The minimum absolute atomic E-state index is 0.0865. The van der Waals surface area contributed by atoms with Gasteiger partial charge in [0.1, 0.15) is 18.1 Å². The first-order valence-corrected chi connectivity index (χ1v) is 8.63. The van der Waals surface area contributed by atoms with E-state index in [1.54, 1.807) is 43.4 Å². The van der Waals surface area contributed by atoms with Gasteiger partial charge in [0.05, 0.1) is 18.9 Å². The average Bonchev–Trinajstić information content (AvgIpc) is 3.12. The highest BCUT2D eigenvalue weighted by Crippen LogP contribution is 2.24. The highest BCUT2D eigenvalue weighted by Gasteiger charge is 2.07. The maximum atomic E-state index is 12.2. The summed E-state index contributed by atoms with van der Waals surface area (Å²) in [6, 6.07) is 13.6.